The Morgan fingerprint density at radius 2 is 2.23 bits per heavy atom. The minimum atomic E-state index is -0.246. The molecule has 0 aliphatic heterocycles. The molecule has 4 aromatic heterocycles. The van der Waals surface area contributed by atoms with E-state index in [9.17, 15) is 4.79 Å². The summed E-state index contributed by atoms with van der Waals surface area (Å²) >= 11 is 0. The first-order valence-electron chi connectivity index (χ1n) is 6.80. The van der Waals surface area contributed by atoms with Crippen LogP contribution in [0.5, 0.6) is 0 Å². The second-order valence-electron chi connectivity index (χ2n) is 4.84. The van der Waals surface area contributed by atoms with Gasteiger partial charge in [0.1, 0.15) is 23.3 Å². The van der Waals surface area contributed by atoms with Crippen molar-refractivity contribution in [2.75, 3.05) is 0 Å². The topological polar surface area (TPSA) is 88.0 Å². The molecule has 4 heterocycles. The molecule has 1 amide bonds. The SMILES string of the molecule is O=C(NCc1cn2ccccc2n1)c1ncnc2[nH]ccc12. The van der Waals surface area contributed by atoms with E-state index in [0.29, 0.717) is 23.3 Å². The third kappa shape index (κ3) is 2.08. The Bertz CT molecular complexity index is 937. The molecule has 0 aliphatic carbocycles. The number of nitrogens with zero attached hydrogens (tertiary/aromatic N) is 4. The monoisotopic (exact) mass is 292 g/mol. The van der Waals surface area contributed by atoms with Crippen LogP contribution >= 0.6 is 0 Å². The van der Waals surface area contributed by atoms with Crippen molar-refractivity contribution < 1.29 is 4.79 Å². The van der Waals surface area contributed by atoms with Crippen molar-refractivity contribution >= 4 is 22.6 Å². The quantitative estimate of drug-likeness (QED) is 0.599. The first kappa shape index (κ1) is 12.5. The number of hydrogen-bond donors (Lipinski definition) is 2. The molecule has 0 unspecified atom stereocenters. The highest BCUT2D eigenvalue weighted by atomic mass is 16.1. The van der Waals surface area contributed by atoms with E-state index in [1.165, 1.54) is 6.33 Å². The predicted octanol–water partition coefficient (Wildman–Crippen LogP) is 1.54. The van der Waals surface area contributed by atoms with Crippen LogP contribution in [0, 0.1) is 0 Å². The second kappa shape index (κ2) is 4.96. The van der Waals surface area contributed by atoms with Crippen LogP contribution in [0.3, 0.4) is 0 Å². The molecule has 0 spiro atoms. The van der Waals surface area contributed by atoms with Crippen LogP contribution in [0.2, 0.25) is 0 Å². The van der Waals surface area contributed by atoms with Crippen LogP contribution in [-0.4, -0.2) is 30.2 Å². The Morgan fingerprint density at radius 3 is 3.14 bits per heavy atom. The zero-order valence-corrected chi connectivity index (χ0v) is 11.5. The van der Waals surface area contributed by atoms with Gasteiger partial charge in [0.05, 0.1) is 17.6 Å². The van der Waals surface area contributed by atoms with Crippen LogP contribution in [0.15, 0.2) is 49.2 Å². The maximum absolute atomic E-state index is 12.3. The zero-order chi connectivity index (χ0) is 14.9. The van der Waals surface area contributed by atoms with Gasteiger partial charge in [-0.05, 0) is 18.2 Å². The van der Waals surface area contributed by atoms with Crippen LogP contribution < -0.4 is 5.32 Å². The number of aromatic nitrogens is 5. The summed E-state index contributed by atoms with van der Waals surface area (Å²) in [6.45, 7) is 0.344. The number of fused-ring (bicyclic) bond motifs is 2. The van der Waals surface area contributed by atoms with E-state index >= 15 is 0 Å². The van der Waals surface area contributed by atoms with Crippen molar-refractivity contribution in [3.63, 3.8) is 0 Å². The number of pyridine rings is 1. The van der Waals surface area contributed by atoms with Gasteiger partial charge < -0.3 is 14.7 Å². The van der Waals surface area contributed by atoms with Crippen molar-refractivity contribution in [3.05, 3.63) is 60.6 Å². The van der Waals surface area contributed by atoms with E-state index < -0.39 is 0 Å². The normalized spacial score (nSPS) is 11.1. The molecule has 0 aliphatic rings. The van der Waals surface area contributed by atoms with E-state index in [1.807, 2.05) is 35.0 Å². The number of rotatable bonds is 3. The van der Waals surface area contributed by atoms with Gasteiger partial charge in [-0.25, -0.2) is 15.0 Å². The van der Waals surface area contributed by atoms with Crippen LogP contribution in [-0.2, 0) is 6.54 Å². The fourth-order valence-corrected chi connectivity index (χ4v) is 2.38. The molecule has 7 heteroatoms. The molecule has 4 rings (SSSR count). The predicted molar refractivity (Wildman–Crippen MR) is 80.3 cm³/mol. The molecular weight excluding hydrogens is 280 g/mol. The number of imidazole rings is 1. The number of hydrogen-bond acceptors (Lipinski definition) is 4. The average molecular weight is 292 g/mol. The highest BCUT2D eigenvalue weighted by Crippen LogP contribution is 2.12. The Hall–Kier alpha value is -3.22. The number of amides is 1. The van der Waals surface area contributed by atoms with Gasteiger partial charge >= 0.3 is 0 Å². The minimum absolute atomic E-state index is 0.246. The molecule has 0 fully saturated rings. The summed E-state index contributed by atoms with van der Waals surface area (Å²) in [5.74, 6) is -0.246. The lowest BCUT2D eigenvalue weighted by Gasteiger charge is -2.03. The molecule has 108 valence electrons. The molecule has 2 N–H and O–H groups in total. The lowest BCUT2D eigenvalue weighted by atomic mass is 10.2. The third-order valence-electron chi connectivity index (χ3n) is 3.41. The summed E-state index contributed by atoms with van der Waals surface area (Å²) in [6.07, 6.45) is 6.92. The molecule has 0 aromatic carbocycles. The molecular formula is C15H12N6O. The zero-order valence-electron chi connectivity index (χ0n) is 11.5. The van der Waals surface area contributed by atoms with E-state index in [1.54, 1.807) is 12.3 Å². The lowest BCUT2D eigenvalue weighted by Crippen LogP contribution is -2.24. The van der Waals surface area contributed by atoms with E-state index in [4.69, 9.17) is 0 Å². The lowest BCUT2D eigenvalue weighted by molar-refractivity contribution is 0.0947. The summed E-state index contributed by atoms with van der Waals surface area (Å²) in [5, 5.41) is 3.54. The largest absolute Gasteiger partial charge is 0.346 e. The number of aromatic amines is 1. The first-order chi connectivity index (χ1) is 10.8. The molecule has 0 bridgehead atoms. The van der Waals surface area contributed by atoms with Crippen molar-refractivity contribution in [3.8, 4) is 0 Å². The van der Waals surface area contributed by atoms with Gasteiger partial charge in [0.15, 0.2) is 0 Å². The standard InChI is InChI=1S/C15H12N6O/c22-15(13-11-4-5-16-14(11)19-9-18-13)17-7-10-8-21-6-2-1-3-12(21)20-10/h1-6,8-9H,7H2,(H,17,22)(H,16,18,19). The van der Waals surface area contributed by atoms with Crippen LogP contribution in [0.25, 0.3) is 16.7 Å². The van der Waals surface area contributed by atoms with Gasteiger partial charge in [-0.2, -0.15) is 0 Å². The number of carbonyl (C=O) groups excluding carboxylic acids is 1. The fraction of sp³-hybridized carbons (Fsp3) is 0.0667. The number of H-pyrrole nitrogens is 1. The number of carbonyl (C=O) groups is 1. The highest BCUT2D eigenvalue weighted by molar-refractivity contribution is 6.03. The summed E-state index contributed by atoms with van der Waals surface area (Å²) < 4.78 is 1.91. The Labute approximate surface area is 125 Å². The molecule has 0 radical (unpaired) electrons. The van der Waals surface area contributed by atoms with Gasteiger partial charge in [-0.15, -0.1) is 0 Å². The Balaban J connectivity index is 1.56. The summed E-state index contributed by atoms with van der Waals surface area (Å²) in [4.78, 5) is 27.8. The minimum Gasteiger partial charge on any atom is -0.346 e. The molecule has 0 saturated carbocycles. The number of nitrogens with one attached hydrogen (secondary N) is 2. The van der Waals surface area contributed by atoms with Crippen LogP contribution in [0.4, 0.5) is 0 Å². The molecule has 7 nitrogen and oxygen atoms in total. The summed E-state index contributed by atoms with van der Waals surface area (Å²) in [7, 11) is 0. The van der Waals surface area contributed by atoms with Gasteiger partial charge in [0.25, 0.3) is 5.91 Å². The van der Waals surface area contributed by atoms with Crippen molar-refractivity contribution in [1.82, 2.24) is 29.7 Å². The smallest absolute Gasteiger partial charge is 0.271 e. The third-order valence-corrected chi connectivity index (χ3v) is 3.41. The molecule has 0 saturated heterocycles. The molecule has 22 heavy (non-hydrogen) atoms. The van der Waals surface area contributed by atoms with Crippen LogP contribution in [0.1, 0.15) is 16.2 Å². The molecule has 0 atom stereocenters. The fourth-order valence-electron chi connectivity index (χ4n) is 2.38. The summed E-state index contributed by atoms with van der Waals surface area (Å²) in [5.41, 5.74) is 2.64. The Kier molecular flexibility index (Phi) is 2.82. The average Bonchev–Trinajstić information content (AvgIpc) is 3.18. The summed E-state index contributed by atoms with van der Waals surface area (Å²) in [6, 6.07) is 7.56. The first-order valence-corrected chi connectivity index (χ1v) is 6.80. The van der Waals surface area contributed by atoms with E-state index in [0.717, 1.165) is 11.3 Å². The van der Waals surface area contributed by atoms with E-state index in [2.05, 4.69) is 25.3 Å². The Morgan fingerprint density at radius 1 is 1.27 bits per heavy atom. The van der Waals surface area contributed by atoms with Gasteiger partial charge in [-0.1, -0.05) is 6.07 Å². The van der Waals surface area contributed by atoms with E-state index in [-0.39, 0.29) is 5.91 Å². The van der Waals surface area contributed by atoms with Crippen molar-refractivity contribution in [2.45, 2.75) is 6.54 Å². The van der Waals surface area contributed by atoms with Gasteiger partial charge in [0, 0.05) is 18.6 Å². The van der Waals surface area contributed by atoms with Gasteiger partial charge in [-0.3, -0.25) is 4.79 Å². The maximum Gasteiger partial charge on any atom is 0.271 e. The second-order valence-corrected chi connectivity index (χ2v) is 4.84. The highest BCUT2D eigenvalue weighted by Gasteiger charge is 2.13. The maximum atomic E-state index is 12.3. The molecule has 4 aromatic rings. The van der Waals surface area contributed by atoms with Gasteiger partial charge in [0.2, 0.25) is 0 Å². The van der Waals surface area contributed by atoms with Crippen molar-refractivity contribution in [2.24, 2.45) is 0 Å². The van der Waals surface area contributed by atoms with Crippen molar-refractivity contribution in [1.29, 1.82) is 0 Å².